The summed E-state index contributed by atoms with van der Waals surface area (Å²) in [7, 11) is 0. The second-order valence-corrected chi connectivity index (χ2v) is 4.46. The number of ether oxygens (including phenoxy) is 1. The predicted molar refractivity (Wildman–Crippen MR) is 63.3 cm³/mol. The molecule has 1 atom stereocenters. The summed E-state index contributed by atoms with van der Waals surface area (Å²) < 4.78 is 7.38. The molecule has 0 saturated heterocycles. The van der Waals surface area contributed by atoms with Crippen LogP contribution in [0.4, 0.5) is 0 Å². The van der Waals surface area contributed by atoms with Gasteiger partial charge in [-0.2, -0.15) is 5.10 Å². The molecule has 1 unspecified atom stereocenters. The molecule has 0 aliphatic heterocycles. The molecule has 0 aliphatic rings. The maximum absolute atomic E-state index is 10.1. The average Bonchev–Trinajstić information content (AvgIpc) is 2.65. The molecule has 16 heavy (non-hydrogen) atoms. The summed E-state index contributed by atoms with van der Waals surface area (Å²) in [6.07, 6.45) is 3.83. The van der Waals surface area contributed by atoms with Crippen molar-refractivity contribution in [1.82, 2.24) is 9.78 Å². The van der Waals surface area contributed by atoms with Gasteiger partial charge >= 0.3 is 0 Å². The summed E-state index contributed by atoms with van der Waals surface area (Å²) >= 11 is 0. The van der Waals surface area contributed by atoms with E-state index in [-0.39, 0.29) is 0 Å². The van der Waals surface area contributed by atoms with E-state index in [0.29, 0.717) is 13.0 Å². The van der Waals surface area contributed by atoms with Crippen molar-refractivity contribution >= 4 is 0 Å². The Morgan fingerprint density at radius 3 is 2.69 bits per heavy atom. The quantitative estimate of drug-likeness (QED) is 0.802. The molecule has 0 radical (unpaired) electrons. The van der Waals surface area contributed by atoms with E-state index in [1.54, 1.807) is 6.20 Å². The summed E-state index contributed by atoms with van der Waals surface area (Å²) in [5.74, 6) is 0. The van der Waals surface area contributed by atoms with Gasteiger partial charge < -0.3 is 9.84 Å². The Morgan fingerprint density at radius 1 is 1.50 bits per heavy atom. The molecular weight excluding hydrogens is 204 g/mol. The molecule has 1 aromatic rings. The largest absolute Gasteiger partial charge is 0.390 e. The van der Waals surface area contributed by atoms with Crippen molar-refractivity contribution in [3.05, 3.63) is 18.0 Å². The highest BCUT2D eigenvalue weighted by Crippen LogP contribution is 2.18. The molecule has 4 nitrogen and oxygen atoms in total. The first-order valence-corrected chi connectivity index (χ1v) is 5.83. The number of rotatable bonds is 6. The zero-order valence-electron chi connectivity index (χ0n) is 10.6. The van der Waals surface area contributed by atoms with E-state index < -0.39 is 11.7 Å². The van der Waals surface area contributed by atoms with Crippen molar-refractivity contribution in [3.8, 4) is 0 Å². The zero-order valence-corrected chi connectivity index (χ0v) is 10.6. The Morgan fingerprint density at radius 2 is 2.19 bits per heavy atom. The van der Waals surface area contributed by atoms with Gasteiger partial charge in [0.05, 0.1) is 17.9 Å². The molecule has 0 amide bonds. The van der Waals surface area contributed by atoms with Gasteiger partial charge in [-0.1, -0.05) is 0 Å². The average molecular weight is 226 g/mol. The van der Waals surface area contributed by atoms with Crippen molar-refractivity contribution in [3.63, 3.8) is 0 Å². The van der Waals surface area contributed by atoms with Crippen molar-refractivity contribution in [2.24, 2.45) is 0 Å². The number of aromatic nitrogens is 2. The van der Waals surface area contributed by atoms with Crippen molar-refractivity contribution in [2.75, 3.05) is 6.61 Å². The number of aliphatic hydroxyl groups excluding tert-OH is 1. The van der Waals surface area contributed by atoms with Gasteiger partial charge in [0.2, 0.25) is 0 Å². The van der Waals surface area contributed by atoms with Crippen LogP contribution in [0.1, 0.15) is 33.3 Å². The Bertz CT molecular complexity index is 321. The summed E-state index contributed by atoms with van der Waals surface area (Å²) in [5.41, 5.74) is 0.533. The lowest BCUT2D eigenvalue weighted by Gasteiger charge is -2.30. The first-order valence-electron chi connectivity index (χ1n) is 5.83. The van der Waals surface area contributed by atoms with Crippen LogP contribution >= 0.6 is 0 Å². The first kappa shape index (κ1) is 13.2. The predicted octanol–water partition coefficient (Wildman–Crippen LogP) is 1.62. The fourth-order valence-electron chi connectivity index (χ4n) is 1.62. The van der Waals surface area contributed by atoms with E-state index in [0.717, 1.165) is 12.1 Å². The van der Waals surface area contributed by atoms with Crippen molar-refractivity contribution in [1.29, 1.82) is 0 Å². The van der Waals surface area contributed by atoms with Gasteiger partial charge in [-0.25, -0.2) is 0 Å². The van der Waals surface area contributed by atoms with Crippen LogP contribution in [-0.2, 0) is 17.7 Å². The maximum Gasteiger partial charge on any atom is 0.0887 e. The molecule has 0 spiro atoms. The molecule has 0 saturated carbocycles. The Hall–Kier alpha value is -0.870. The minimum Gasteiger partial charge on any atom is -0.390 e. The monoisotopic (exact) mass is 226 g/mol. The van der Waals surface area contributed by atoms with Gasteiger partial charge in [-0.05, 0) is 33.3 Å². The molecule has 0 aliphatic carbocycles. The topological polar surface area (TPSA) is 47.3 Å². The van der Waals surface area contributed by atoms with E-state index >= 15 is 0 Å². The molecule has 0 fully saturated rings. The highest BCUT2D eigenvalue weighted by molar-refractivity contribution is 5.07. The molecular formula is C12H22N2O2. The van der Waals surface area contributed by atoms with Crippen LogP contribution < -0.4 is 0 Å². The van der Waals surface area contributed by atoms with E-state index in [9.17, 15) is 5.11 Å². The molecule has 1 N–H and O–H groups in total. The summed E-state index contributed by atoms with van der Waals surface area (Å²) in [4.78, 5) is 0. The SMILES string of the molecule is CCOC(C)(C)C(O)Cc1cnn(CC)c1. The van der Waals surface area contributed by atoms with Gasteiger partial charge in [0.1, 0.15) is 0 Å². The summed E-state index contributed by atoms with van der Waals surface area (Å²) in [5, 5.41) is 14.3. The van der Waals surface area contributed by atoms with Crippen LogP contribution in [0, 0.1) is 0 Å². The van der Waals surface area contributed by atoms with Gasteiger partial charge in [0.25, 0.3) is 0 Å². The van der Waals surface area contributed by atoms with E-state index in [4.69, 9.17) is 4.74 Å². The highest BCUT2D eigenvalue weighted by Gasteiger charge is 2.28. The van der Waals surface area contributed by atoms with Crippen LogP contribution in [0.2, 0.25) is 0 Å². The molecule has 92 valence electrons. The number of hydrogen-bond acceptors (Lipinski definition) is 3. The third-order valence-corrected chi connectivity index (χ3v) is 2.76. The van der Waals surface area contributed by atoms with Crippen LogP contribution in [0.5, 0.6) is 0 Å². The number of aryl methyl sites for hydroxylation is 1. The Labute approximate surface area is 97.2 Å². The number of hydrogen-bond donors (Lipinski definition) is 1. The standard InChI is InChI=1S/C12H22N2O2/c1-5-14-9-10(8-13-14)7-11(15)12(3,4)16-6-2/h8-9,11,15H,5-7H2,1-4H3. The minimum atomic E-state index is -0.512. The van der Waals surface area contributed by atoms with Crippen molar-refractivity contribution < 1.29 is 9.84 Å². The molecule has 1 heterocycles. The molecule has 0 aromatic carbocycles. The van der Waals surface area contributed by atoms with Crippen LogP contribution in [-0.4, -0.2) is 33.2 Å². The third kappa shape index (κ3) is 3.32. The second kappa shape index (κ2) is 5.46. The smallest absolute Gasteiger partial charge is 0.0887 e. The second-order valence-electron chi connectivity index (χ2n) is 4.46. The first-order chi connectivity index (χ1) is 7.49. The summed E-state index contributed by atoms with van der Waals surface area (Å²) in [6.45, 7) is 9.25. The third-order valence-electron chi connectivity index (χ3n) is 2.76. The highest BCUT2D eigenvalue weighted by atomic mass is 16.5. The Kier molecular flexibility index (Phi) is 4.50. The van der Waals surface area contributed by atoms with Gasteiger partial charge in [0.15, 0.2) is 0 Å². The van der Waals surface area contributed by atoms with Gasteiger partial charge in [-0.3, -0.25) is 4.68 Å². The molecule has 4 heteroatoms. The fourth-order valence-corrected chi connectivity index (χ4v) is 1.62. The van der Waals surface area contributed by atoms with E-state index in [1.807, 2.05) is 38.6 Å². The number of nitrogens with zero attached hydrogens (tertiary/aromatic N) is 2. The van der Waals surface area contributed by atoms with Crippen LogP contribution in [0.3, 0.4) is 0 Å². The van der Waals surface area contributed by atoms with Crippen LogP contribution in [0.25, 0.3) is 0 Å². The fraction of sp³-hybridized carbons (Fsp3) is 0.750. The molecule has 1 rings (SSSR count). The lowest BCUT2D eigenvalue weighted by Crippen LogP contribution is -2.40. The van der Waals surface area contributed by atoms with E-state index in [2.05, 4.69) is 5.10 Å². The van der Waals surface area contributed by atoms with Crippen molar-refractivity contribution in [2.45, 2.75) is 52.4 Å². The minimum absolute atomic E-state index is 0.511. The maximum atomic E-state index is 10.1. The Balaban J connectivity index is 2.59. The normalized spacial score (nSPS) is 14.1. The zero-order chi connectivity index (χ0) is 12.2. The summed E-state index contributed by atoms with van der Waals surface area (Å²) in [6, 6.07) is 0. The lowest BCUT2D eigenvalue weighted by atomic mass is 9.96. The van der Waals surface area contributed by atoms with Crippen LogP contribution in [0.15, 0.2) is 12.4 Å². The van der Waals surface area contributed by atoms with Gasteiger partial charge in [-0.15, -0.1) is 0 Å². The number of aliphatic hydroxyl groups is 1. The molecule has 1 aromatic heterocycles. The van der Waals surface area contributed by atoms with Gasteiger partial charge in [0, 0.05) is 25.8 Å². The lowest BCUT2D eigenvalue weighted by molar-refractivity contribution is -0.0955. The molecule has 0 bridgehead atoms. The van der Waals surface area contributed by atoms with E-state index in [1.165, 1.54) is 0 Å².